The second-order valence-electron chi connectivity index (χ2n) is 5.24. The molecular formula is C18H20ClN3S. The summed E-state index contributed by atoms with van der Waals surface area (Å²) in [6, 6.07) is 13.8. The van der Waals surface area contributed by atoms with Gasteiger partial charge in [0.25, 0.3) is 0 Å². The van der Waals surface area contributed by atoms with Gasteiger partial charge in [-0.1, -0.05) is 47.5 Å². The first-order valence-corrected chi connectivity index (χ1v) is 8.10. The van der Waals surface area contributed by atoms with E-state index in [0.717, 1.165) is 22.5 Å². The Morgan fingerprint density at radius 2 is 1.87 bits per heavy atom. The highest BCUT2D eigenvalue weighted by Crippen LogP contribution is 2.17. The van der Waals surface area contributed by atoms with Crippen molar-refractivity contribution in [3.63, 3.8) is 0 Å². The lowest BCUT2D eigenvalue weighted by Crippen LogP contribution is -2.39. The molecule has 0 radical (unpaired) electrons. The first-order chi connectivity index (χ1) is 11.0. The number of halogens is 1. The average Bonchev–Trinajstić information content (AvgIpc) is 2.51. The van der Waals surface area contributed by atoms with E-state index in [2.05, 4.69) is 42.1 Å². The lowest BCUT2D eigenvalue weighted by molar-refractivity contribution is 0.847. The summed E-state index contributed by atoms with van der Waals surface area (Å²) in [6.45, 7) is 6.07. The van der Waals surface area contributed by atoms with Crippen LogP contribution in [0.15, 0.2) is 48.5 Å². The molecule has 23 heavy (non-hydrogen) atoms. The van der Waals surface area contributed by atoms with Crippen LogP contribution in [0.2, 0.25) is 5.02 Å². The molecule has 3 nitrogen and oxygen atoms in total. The minimum atomic E-state index is 0.498. The van der Waals surface area contributed by atoms with Crippen molar-refractivity contribution in [2.24, 2.45) is 0 Å². The van der Waals surface area contributed by atoms with Gasteiger partial charge < -0.3 is 5.32 Å². The van der Waals surface area contributed by atoms with E-state index in [1.54, 1.807) is 0 Å². The van der Waals surface area contributed by atoms with Gasteiger partial charge in [-0.05, 0) is 56.8 Å². The van der Waals surface area contributed by atoms with E-state index in [0.29, 0.717) is 10.1 Å². The minimum absolute atomic E-state index is 0.498. The fraction of sp³-hybridized carbons (Fsp3) is 0.167. The highest BCUT2D eigenvalue weighted by atomic mass is 35.5. The van der Waals surface area contributed by atoms with Crippen molar-refractivity contribution in [2.75, 3.05) is 5.32 Å². The summed E-state index contributed by atoms with van der Waals surface area (Å²) in [5, 5.41) is 4.38. The van der Waals surface area contributed by atoms with Gasteiger partial charge in [-0.15, -0.1) is 0 Å². The molecule has 0 aliphatic carbocycles. The molecule has 0 heterocycles. The van der Waals surface area contributed by atoms with Gasteiger partial charge in [0.05, 0.1) is 5.70 Å². The van der Waals surface area contributed by atoms with Crippen molar-refractivity contribution in [3.8, 4) is 0 Å². The van der Waals surface area contributed by atoms with E-state index in [4.69, 9.17) is 23.8 Å². The van der Waals surface area contributed by atoms with Crippen LogP contribution in [-0.4, -0.2) is 5.11 Å². The normalized spacial score (nSPS) is 11.0. The third kappa shape index (κ3) is 4.98. The summed E-state index contributed by atoms with van der Waals surface area (Å²) in [7, 11) is 0. The van der Waals surface area contributed by atoms with Gasteiger partial charge in [0, 0.05) is 16.3 Å². The summed E-state index contributed by atoms with van der Waals surface area (Å²) >= 11 is 11.4. The lowest BCUT2D eigenvalue weighted by Gasteiger charge is -2.16. The number of allylic oxidation sites excluding steroid dienone is 1. The molecule has 0 amide bonds. The molecule has 2 aromatic rings. The maximum Gasteiger partial charge on any atom is 0.189 e. The van der Waals surface area contributed by atoms with E-state index in [-0.39, 0.29) is 0 Å². The summed E-state index contributed by atoms with van der Waals surface area (Å²) in [5.74, 6) is 0. The van der Waals surface area contributed by atoms with Crippen LogP contribution in [0.5, 0.6) is 0 Å². The van der Waals surface area contributed by atoms with Crippen molar-refractivity contribution in [1.29, 1.82) is 0 Å². The van der Waals surface area contributed by atoms with Gasteiger partial charge in [-0.2, -0.15) is 0 Å². The van der Waals surface area contributed by atoms with Crippen LogP contribution in [0.25, 0.3) is 5.70 Å². The zero-order valence-corrected chi connectivity index (χ0v) is 15.0. The average molecular weight is 346 g/mol. The van der Waals surface area contributed by atoms with Crippen LogP contribution in [0, 0.1) is 13.8 Å². The molecular weight excluding hydrogens is 326 g/mol. The molecule has 0 aliphatic heterocycles. The molecule has 2 aromatic carbocycles. The predicted octanol–water partition coefficient (Wildman–Crippen LogP) is 4.81. The van der Waals surface area contributed by atoms with E-state index in [1.807, 2.05) is 43.3 Å². The Balaban J connectivity index is 1.98. The molecule has 0 saturated heterocycles. The molecule has 0 unspecified atom stereocenters. The van der Waals surface area contributed by atoms with Gasteiger partial charge >= 0.3 is 0 Å². The number of thiocarbonyl (C=S) groups is 1. The van der Waals surface area contributed by atoms with Gasteiger partial charge in [0.15, 0.2) is 5.11 Å². The monoisotopic (exact) mass is 345 g/mol. The second-order valence-corrected chi connectivity index (χ2v) is 6.08. The summed E-state index contributed by atoms with van der Waals surface area (Å²) in [6.07, 6.45) is 1.96. The highest BCUT2D eigenvalue weighted by Gasteiger charge is 2.04. The Bertz CT molecular complexity index is 741. The predicted molar refractivity (Wildman–Crippen MR) is 104 cm³/mol. The van der Waals surface area contributed by atoms with Crippen LogP contribution < -0.4 is 16.2 Å². The van der Waals surface area contributed by atoms with E-state index >= 15 is 0 Å². The molecule has 0 saturated carbocycles. The molecule has 0 aliphatic rings. The zero-order valence-electron chi connectivity index (χ0n) is 13.4. The minimum Gasteiger partial charge on any atom is -0.331 e. The van der Waals surface area contributed by atoms with Gasteiger partial charge in [-0.25, -0.2) is 0 Å². The molecule has 2 rings (SSSR count). The number of hydrogen-bond donors (Lipinski definition) is 3. The van der Waals surface area contributed by atoms with Crippen LogP contribution in [0.3, 0.4) is 0 Å². The first kappa shape index (κ1) is 17.3. The standard InChI is InChI=1S/C18H20ClN3S/c1-4-16(14-6-5-7-15(19)11-14)21-22-18(23)20-17-9-8-12(2)10-13(17)3/h4-11,21H,1-3H3,(H2,20,22,23)/b16-4-. The van der Waals surface area contributed by atoms with E-state index < -0.39 is 0 Å². The Morgan fingerprint density at radius 3 is 2.52 bits per heavy atom. The lowest BCUT2D eigenvalue weighted by atomic mass is 10.1. The molecule has 120 valence electrons. The van der Waals surface area contributed by atoms with Gasteiger partial charge in [0.1, 0.15) is 0 Å². The fourth-order valence-electron chi connectivity index (χ4n) is 2.20. The van der Waals surface area contributed by atoms with Crippen molar-refractivity contribution in [3.05, 3.63) is 70.3 Å². The molecule has 0 atom stereocenters. The number of nitrogens with one attached hydrogen (secondary N) is 3. The number of anilines is 1. The third-order valence-electron chi connectivity index (χ3n) is 3.37. The number of hydrazine groups is 1. The van der Waals surface area contributed by atoms with Crippen molar-refractivity contribution in [1.82, 2.24) is 10.9 Å². The SMILES string of the molecule is C/C=C(\NNC(=S)Nc1ccc(C)cc1C)c1cccc(Cl)c1. The Labute approximate surface area is 147 Å². The van der Waals surface area contributed by atoms with Crippen LogP contribution in [-0.2, 0) is 0 Å². The Hall–Kier alpha value is -2.04. The molecule has 0 fully saturated rings. The molecule has 3 N–H and O–H groups in total. The molecule has 0 aromatic heterocycles. The summed E-state index contributed by atoms with van der Waals surface area (Å²) in [4.78, 5) is 0. The number of aryl methyl sites for hydroxylation is 2. The van der Waals surface area contributed by atoms with Crippen molar-refractivity contribution >= 4 is 40.3 Å². The van der Waals surface area contributed by atoms with Crippen LogP contribution in [0.4, 0.5) is 5.69 Å². The summed E-state index contributed by atoms with van der Waals surface area (Å²) < 4.78 is 0. The Kier molecular flexibility index (Phi) is 6.02. The van der Waals surface area contributed by atoms with Crippen molar-refractivity contribution < 1.29 is 0 Å². The highest BCUT2D eigenvalue weighted by molar-refractivity contribution is 7.80. The number of hydrogen-bond acceptors (Lipinski definition) is 2. The molecule has 5 heteroatoms. The fourth-order valence-corrected chi connectivity index (χ4v) is 2.55. The van der Waals surface area contributed by atoms with Gasteiger partial charge in [0.2, 0.25) is 0 Å². The maximum absolute atomic E-state index is 6.03. The topological polar surface area (TPSA) is 36.1 Å². The van der Waals surface area contributed by atoms with Crippen molar-refractivity contribution in [2.45, 2.75) is 20.8 Å². The summed E-state index contributed by atoms with van der Waals surface area (Å²) in [5.41, 5.74) is 11.4. The zero-order chi connectivity index (χ0) is 16.8. The van der Waals surface area contributed by atoms with Crippen LogP contribution >= 0.6 is 23.8 Å². The number of rotatable bonds is 4. The maximum atomic E-state index is 6.03. The molecule has 0 spiro atoms. The van der Waals surface area contributed by atoms with E-state index in [1.165, 1.54) is 5.56 Å². The van der Waals surface area contributed by atoms with E-state index in [9.17, 15) is 0 Å². The van der Waals surface area contributed by atoms with Crippen LogP contribution in [0.1, 0.15) is 23.6 Å². The number of benzene rings is 2. The smallest absolute Gasteiger partial charge is 0.189 e. The third-order valence-corrected chi connectivity index (χ3v) is 3.80. The second kappa shape index (κ2) is 7.99. The Morgan fingerprint density at radius 1 is 1.09 bits per heavy atom. The van der Waals surface area contributed by atoms with Gasteiger partial charge in [-0.3, -0.25) is 10.9 Å². The quantitative estimate of drug-likeness (QED) is 0.549. The first-order valence-electron chi connectivity index (χ1n) is 7.32. The largest absolute Gasteiger partial charge is 0.331 e. The molecule has 0 bridgehead atoms.